The molecule has 7 atom stereocenters. The van der Waals surface area contributed by atoms with Gasteiger partial charge < -0.3 is 95.8 Å². The molecule has 7 aromatic rings. The number of rotatable bonds is 33. The molecule has 5 N–H and O–H groups in total. The summed E-state index contributed by atoms with van der Waals surface area (Å²) >= 11 is 0. The Morgan fingerprint density at radius 2 is 1.12 bits per heavy atom. The molecule has 584 valence electrons. The van der Waals surface area contributed by atoms with E-state index in [1.807, 2.05) is 112 Å². The van der Waals surface area contributed by atoms with Gasteiger partial charge in [0.05, 0.1) is 103 Å². The molecular weight excluding hydrogens is 1440 g/mol. The average molecular weight is 1530 g/mol. The first-order valence-electron chi connectivity index (χ1n) is 36.3. The minimum Gasteiger partial charge on any atom is -0.493 e. The molecule has 0 saturated carbocycles. The van der Waals surface area contributed by atoms with Gasteiger partial charge in [-0.1, -0.05) is 48.5 Å². The molecule has 0 radical (unpaired) electrons. The molecule has 110 heavy (non-hydrogen) atoms. The zero-order valence-electron chi connectivity index (χ0n) is 62.4. The topological polar surface area (TPSA) is 337 Å². The molecule has 28 nitrogen and oxygen atoms in total. The molecule has 7 aromatic carbocycles. The fourth-order valence-corrected chi connectivity index (χ4v) is 14.4. The Labute approximate surface area is 638 Å². The molecule has 0 aromatic heterocycles. The standard InChI is InChI=1S/C81H92N6O22S/c1-81(2,3)107-73(89)17-12-25-100-27-29-102-30-28-101-26-24-82-77(93)56-20-23-66(105-80-76(92)75(91)74(90)72(47-88)106-80)71(36-56)109-110(96,97)108-61-21-18-50(19-22-61)45-87(4,5)46-51-31-52(48-103-69-39-64-62(37-67(69)98-6)78(94)85-43-57-15-10-8-13-54(57)34-59(85)41-83-64)33-53(32-51)49-104-70-40-65-63(38-68(70)99-7)79(95)86-44-58-16-11-9-14-55(58)35-60(86)42-84-65/h8-11,13-16,18-23,31-33,36-42,59-60,72,74-76,80,88,90-92H,12,17,24-30,34-35,43-49H2,1-7H3/p+1/t59-,60-,72+,74-,75-,76+,80?/m0/s1. The Morgan fingerprint density at radius 3 is 1.66 bits per heavy atom. The molecule has 1 fully saturated rings. The van der Waals surface area contributed by atoms with Crippen LogP contribution >= 0.6 is 0 Å². The predicted molar refractivity (Wildman–Crippen MR) is 402 cm³/mol. The minimum absolute atomic E-state index is 0.0323. The van der Waals surface area contributed by atoms with Crippen LogP contribution in [0.5, 0.6) is 40.2 Å². The molecule has 0 aliphatic carbocycles. The molecule has 29 heteroatoms. The number of amides is 3. The third kappa shape index (κ3) is 20.1. The molecule has 12 rings (SSSR count). The first kappa shape index (κ1) is 79.5. The summed E-state index contributed by atoms with van der Waals surface area (Å²) in [6, 6.07) is 38.4. The first-order chi connectivity index (χ1) is 52.8. The average Bonchev–Trinajstić information content (AvgIpc) is 1.57. The summed E-state index contributed by atoms with van der Waals surface area (Å²) in [7, 11) is 2.05. The quantitative estimate of drug-likeness (QED) is 0.0148. The van der Waals surface area contributed by atoms with E-state index in [2.05, 4.69) is 17.4 Å². The number of aliphatic imine (C=N–C) groups is 2. The lowest BCUT2D eigenvalue weighted by Crippen LogP contribution is -2.60. The molecule has 5 aliphatic rings. The molecule has 5 heterocycles. The lowest BCUT2D eigenvalue weighted by molar-refractivity contribution is -0.916. The summed E-state index contributed by atoms with van der Waals surface area (Å²) in [5.74, 6) is -0.975. The number of benzene rings is 7. The van der Waals surface area contributed by atoms with Crippen LogP contribution in [0.25, 0.3) is 0 Å². The van der Waals surface area contributed by atoms with Gasteiger partial charge >= 0.3 is 16.4 Å². The van der Waals surface area contributed by atoms with E-state index in [0.717, 1.165) is 39.4 Å². The predicted octanol–water partition coefficient (Wildman–Crippen LogP) is 7.99. The van der Waals surface area contributed by atoms with E-state index < -0.39 is 70.7 Å². The SMILES string of the molecule is COc1cc2c(cc1OCc1cc(COc3cc4c(cc3OC)C(=O)N3Cc5ccccc5C[C@H]3C=N4)cc(C[N+](C)(C)Cc3ccc(OS(=O)(=O)Oc4cc(C(=O)NCCOCCOCCOCCCC(=O)OC(C)(C)C)ccc4OC4O[C@H](CO)[C@H](O)[C@H](O)[C@H]4O)cc3)c1)N=C[C@@H]1Cc3ccccc3CN1C2=O. The third-order valence-corrected chi connectivity index (χ3v) is 19.8. The minimum atomic E-state index is -5.06. The van der Waals surface area contributed by atoms with Crippen molar-refractivity contribution in [3.63, 3.8) is 0 Å². The Bertz CT molecular complexity index is 4480. The van der Waals surface area contributed by atoms with Crippen molar-refractivity contribution in [2.45, 2.75) is 134 Å². The lowest BCUT2D eigenvalue weighted by Gasteiger charge is -2.39. The number of nitrogens with zero attached hydrogens (tertiary/aromatic N) is 5. The highest BCUT2D eigenvalue weighted by molar-refractivity contribution is 7.82. The van der Waals surface area contributed by atoms with Crippen molar-refractivity contribution in [2.75, 3.05) is 81.1 Å². The Balaban J connectivity index is 0.717. The highest BCUT2D eigenvalue weighted by atomic mass is 32.3. The number of nitrogens with one attached hydrogen (secondary N) is 1. The fraction of sp³-hybridized carbons (Fsp3) is 0.407. The van der Waals surface area contributed by atoms with Crippen molar-refractivity contribution in [3.05, 3.63) is 195 Å². The molecular formula is C81H93N6O22S+. The summed E-state index contributed by atoms with van der Waals surface area (Å²) in [6.45, 7) is 8.06. The highest BCUT2D eigenvalue weighted by Crippen LogP contribution is 2.42. The van der Waals surface area contributed by atoms with Crippen molar-refractivity contribution in [2.24, 2.45) is 9.98 Å². The first-order valence-corrected chi connectivity index (χ1v) is 37.7. The van der Waals surface area contributed by atoms with Crippen LogP contribution in [0.1, 0.15) is 109 Å². The second-order valence-corrected chi connectivity index (χ2v) is 30.2. The number of ether oxygens (including phenoxy) is 10. The summed E-state index contributed by atoms with van der Waals surface area (Å²) in [5.41, 5.74) is 8.79. The second-order valence-electron chi connectivity index (χ2n) is 29.0. The maximum Gasteiger partial charge on any atom is 0.501 e. The number of quaternary nitrogens is 1. The maximum absolute atomic E-state index is 14.3. The lowest BCUT2D eigenvalue weighted by atomic mass is 9.94. The van der Waals surface area contributed by atoms with Crippen LogP contribution in [0.3, 0.4) is 0 Å². The number of aliphatic hydroxyl groups excluding tert-OH is 4. The van der Waals surface area contributed by atoms with Gasteiger partial charge in [0, 0.05) is 73.9 Å². The maximum atomic E-state index is 14.3. The zero-order valence-corrected chi connectivity index (χ0v) is 63.2. The fourth-order valence-electron chi connectivity index (χ4n) is 13.7. The van der Waals surface area contributed by atoms with Gasteiger partial charge in [-0.05, 0) is 146 Å². The molecule has 3 amide bonds. The van der Waals surface area contributed by atoms with Gasteiger partial charge in [0.25, 0.3) is 17.7 Å². The molecule has 1 unspecified atom stereocenters. The highest BCUT2D eigenvalue weighted by Gasteiger charge is 2.45. The van der Waals surface area contributed by atoms with Gasteiger partial charge in [0.2, 0.25) is 6.29 Å². The monoisotopic (exact) mass is 1530 g/mol. The largest absolute Gasteiger partial charge is 0.501 e. The van der Waals surface area contributed by atoms with Crippen LogP contribution in [0, 0.1) is 0 Å². The normalized spacial score (nSPS) is 19.3. The summed E-state index contributed by atoms with van der Waals surface area (Å²) in [4.78, 5) is 67.3. The van der Waals surface area contributed by atoms with Gasteiger partial charge in [-0.15, -0.1) is 8.42 Å². The summed E-state index contributed by atoms with van der Waals surface area (Å²) in [6.07, 6.45) is -2.95. The van der Waals surface area contributed by atoms with Crippen LogP contribution in [0.15, 0.2) is 143 Å². The van der Waals surface area contributed by atoms with Crippen LogP contribution in [0.4, 0.5) is 11.4 Å². The van der Waals surface area contributed by atoms with E-state index in [1.165, 1.54) is 49.6 Å². The molecule has 0 bridgehead atoms. The Hall–Kier alpha value is -10.1. The molecule has 1 saturated heterocycles. The van der Waals surface area contributed by atoms with Crippen LogP contribution < -0.4 is 37.4 Å². The van der Waals surface area contributed by atoms with Gasteiger partial charge in [-0.25, -0.2) is 0 Å². The number of hydrogen-bond acceptors (Lipinski definition) is 24. The van der Waals surface area contributed by atoms with E-state index in [1.54, 1.807) is 36.4 Å². The van der Waals surface area contributed by atoms with E-state index in [0.29, 0.717) is 115 Å². The Kier molecular flexibility index (Phi) is 25.5. The Morgan fingerprint density at radius 1 is 0.591 bits per heavy atom. The van der Waals surface area contributed by atoms with Crippen molar-refractivity contribution in [1.82, 2.24) is 15.1 Å². The van der Waals surface area contributed by atoms with Gasteiger partial charge in [0.15, 0.2) is 34.5 Å². The van der Waals surface area contributed by atoms with Gasteiger partial charge in [0.1, 0.15) is 62.1 Å². The van der Waals surface area contributed by atoms with E-state index >= 15 is 0 Å². The number of esters is 1. The van der Waals surface area contributed by atoms with Gasteiger partial charge in [-0.3, -0.25) is 29.2 Å². The van der Waals surface area contributed by atoms with E-state index in [4.69, 9.17) is 65.7 Å². The van der Waals surface area contributed by atoms with E-state index in [9.17, 15) is 48.0 Å². The molecule has 5 aliphatic heterocycles. The number of fused-ring (bicyclic) bond motifs is 6. The second kappa shape index (κ2) is 35.3. The third-order valence-electron chi connectivity index (χ3n) is 19.0. The number of carbonyl (C=O) groups is 4. The number of carbonyl (C=O) groups excluding carboxylic acids is 4. The van der Waals surface area contributed by atoms with Crippen molar-refractivity contribution >= 4 is 57.9 Å². The number of hydrogen-bond donors (Lipinski definition) is 5. The van der Waals surface area contributed by atoms with Crippen LogP contribution in [-0.4, -0.2) is 209 Å². The smallest absolute Gasteiger partial charge is 0.493 e. The summed E-state index contributed by atoms with van der Waals surface area (Å²) in [5, 5.41) is 44.4. The van der Waals surface area contributed by atoms with Crippen LogP contribution in [0.2, 0.25) is 0 Å². The van der Waals surface area contributed by atoms with Crippen LogP contribution in [-0.2, 0) is 91.1 Å². The zero-order chi connectivity index (χ0) is 77.9. The van der Waals surface area contributed by atoms with Gasteiger partial charge in [-0.2, -0.15) is 0 Å². The van der Waals surface area contributed by atoms with Crippen molar-refractivity contribution in [1.29, 1.82) is 0 Å². The molecule has 0 spiro atoms. The number of aliphatic hydroxyl groups is 4. The number of methoxy groups -OCH3 is 2. The van der Waals surface area contributed by atoms with E-state index in [-0.39, 0.29) is 87.2 Å². The van der Waals surface area contributed by atoms with Crippen molar-refractivity contribution in [3.8, 4) is 40.2 Å². The van der Waals surface area contributed by atoms with Crippen molar-refractivity contribution < 1.29 is 108 Å². The summed E-state index contributed by atoms with van der Waals surface area (Å²) < 4.78 is 97.4.